The Kier molecular flexibility index (Phi) is 5.32. The molecule has 0 bridgehead atoms. The SMILES string of the molecule is CCNC(Cc1cc(F)cc(F)c1)c1cccc(C)c1Cl. The zero-order valence-electron chi connectivity index (χ0n) is 12.1. The topological polar surface area (TPSA) is 12.0 Å². The maximum absolute atomic E-state index is 13.3. The Morgan fingerprint density at radius 2 is 1.81 bits per heavy atom. The van der Waals surface area contributed by atoms with Crippen LogP contribution in [0.1, 0.15) is 29.7 Å². The van der Waals surface area contributed by atoms with Crippen LogP contribution >= 0.6 is 11.6 Å². The molecular formula is C17H18ClF2N. The van der Waals surface area contributed by atoms with E-state index in [2.05, 4.69) is 5.32 Å². The van der Waals surface area contributed by atoms with E-state index in [1.165, 1.54) is 12.1 Å². The highest BCUT2D eigenvalue weighted by molar-refractivity contribution is 6.32. The second kappa shape index (κ2) is 7.01. The molecule has 2 rings (SSSR count). The van der Waals surface area contributed by atoms with Crippen molar-refractivity contribution in [3.63, 3.8) is 0 Å². The van der Waals surface area contributed by atoms with Crippen LogP contribution < -0.4 is 5.32 Å². The van der Waals surface area contributed by atoms with Gasteiger partial charge in [-0.3, -0.25) is 0 Å². The van der Waals surface area contributed by atoms with Gasteiger partial charge in [-0.05, 0) is 48.7 Å². The molecule has 0 saturated heterocycles. The summed E-state index contributed by atoms with van der Waals surface area (Å²) in [6.45, 7) is 4.67. The third-order valence-corrected chi connectivity index (χ3v) is 3.93. The van der Waals surface area contributed by atoms with Gasteiger partial charge in [0.2, 0.25) is 0 Å². The van der Waals surface area contributed by atoms with Gasteiger partial charge in [0.25, 0.3) is 0 Å². The third-order valence-electron chi connectivity index (χ3n) is 3.41. The van der Waals surface area contributed by atoms with Crippen molar-refractivity contribution >= 4 is 11.6 Å². The number of aryl methyl sites for hydroxylation is 1. The van der Waals surface area contributed by atoms with Gasteiger partial charge in [-0.25, -0.2) is 8.78 Å². The lowest BCUT2D eigenvalue weighted by Gasteiger charge is -2.20. The van der Waals surface area contributed by atoms with Crippen molar-refractivity contribution in [3.8, 4) is 0 Å². The molecule has 0 aliphatic heterocycles. The van der Waals surface area contributed by atoms with Gasteiger partial charge in [-0.1, -0.05) is 36.7 Å². The molecule has 2 aromatic rings. The molecule has 21 heavy (non-hydrogen) atoms. The fraction of sp³-hybridized carbons (Fsp3) is 0.294. The van der Waals surface area contributed by atoms with E-state index in [0.717, 1.165) is 23.7 Å². The van der Waals surface area contributed by atoms with E-state index in [1.54, 1.807) is 0 Å². The number of hydrogen-bond donors (Lipinski definition) is 1. The molecule has 1 N–H and O–H groups in total. The number of nitrogens with one attached hydrogen (secondary N) is 1. The molecule has 0 spiro atoms. The van der Waals surface area contributed by atoms with E-state index < -0.39 is 11.6 Å². The van der Waals surface area contributed by atoms with Crippen molar-refractivity contribution < 1.29 is 8.78 Å². The van der Waals surface area contributed by atoms with Gasteiger partial charge in [0.15, 0.2) is 0 Å². The summed E-state index contributed by atoms with van der Waals surface area (Å²) < 4.78 is 26.6. The highest BCUT2D eigenvalue weighted by Crippen LogP contribution is 2.28. The van der Waals surface area contributed by atoms with Crippen molar-refractivity contribution in [3.05, 3.63) is 69.7 Å². The molecule has 0 amide bonds. The van der Waals surface area contributed by atoms with Crippen LogP contribution in [0.4, 0.5) is 8.78 Å². The van der Waals surface area contributed by atoms with Crippen LogP contribution in [0, 0.1) is 18.6 Å². The average Bonchev–Trinajstić information content (AvgIpc) is 2.40. The Morgan fingerprint density at radius 3 is 2.43 bits per heavy atom. The first kappa shape index (κ1) is 15.9. The largest absolute Gasteiger partial charge is 0.310 e. The molecule has 1 unspecified atom stereocenters. The van der Waals surface area contributed by atoms with E-state index in [4.69, 9.17) is 11.6 Å². The zero-order chi connectivity index (χ0) is 15.4. The van der Waals surface area contributed by atoms with Gasteiger partial charge in [-0.15, -0.1) is 0 Å². The normalized spacial score (nSPS) is 12.4. The predicted molar refractivity (Wildman–Crippen MR) is 82.7 cm³/mol. The molecule has 112 valence electrons. The summed E-state index contributed by atoms with van der Waals surface area (Å²) in [5.74, 6) is -1.12. The van der Waals surface area contributed by atoms with Crippen molar-refractivity contribution in [1.29, 1.82) is 0 Å². The summed E-state index contributed by atoms with van der Waals surface area (Å²) in [5, 5.41) is 4.02. The van der Waals surface area contributed by atoms with E-state index >= 15 is 0 Å². The van der Waals surface area contributed by atoms with Gasteiger partial charge in [0.05, 0.1) is 0 Å². The number of benzene rings is 2. The Hall–Kier alpha value is -1.45. The second-order valence-electron chi connectivity index (χ2n) is 5.07. The molecular weight excluding hydrogens is 292 g/mol. The smallest absolute Gasteiger partial charge is 0.126 e. The zero-order valence-corrected chi connectivity index (χ0v) is 12.8. The minimum Gasteiger partial charge on any atom is -0.310 e. The summed E-state index contributed by atoms with van der Waals surface area (Å²) in [5.41, 5.74) is 2.54. The second-order valence-corrected chi connectivity index (χ2v) is 5.45. The van der Waals surface area contributed by atoms with Crippen molar-refractivity contribution in [2.45, 2.75) is 26.3 Å². The van der Waals surface area contributed by atoms with Gasteiger partial charge in [-0.2, -0.15) is 0 Å². The Labute approximate surface area is 128 Å². The molecule has 0 aliphatic rings. The average molecular weight is 310 g/mol. The molecule has 1 atom stereocenters. The predicted octanol–water partition coefficient (Wildman–Crippen LogP) is 4.82. The summed E-state index contributed by atoms with van der Waals surface area (Å²) in [7, 11) is 0. The van der Waals surface area contributed by atoms with Gasteiger partial charge < -0.3 is 5.32 Å². The summed E-state index contributed by atoms with van der Waals surface area (Å²) in [4.78, 5) is 0. The molecule has 0 aliphatic carbocycles. The van der Waals surface area contributed by atoms with Crippen molar-refractivity contribution in [2.24, 2.45) is 0 Å². The quantitative estimate of drug-likeness (QED) is 0.835. The maximum atomic E-state index is 13.3. The molecule has 0 aromatic heterocycles. The summed E-state index contributed by atoms with van der Waals surface area (Å²) >= 11 is 6.36. The molecule has 0 fully saturated rings. The van der Waals surface area contributed by atoms with Crippen LogP contribution in [0.3, 0.4) is 0 Å². The number of likely N-dealkylation sites (N-methyl/N-ethyl adjacent to an activating group) is 1. The number of rotatable bonds is 5. The number of halogens is 3. The molecule has 0 radical (unpaired) electrons. The molecule has 0 heterocycles. The first-order chi connectivity index (χ1) is 10.0. The van der Waals surface area contributed by atoms with Crippen LogP contribution in [0.25, 0.3) is 0 Å². The lowest BCUT2D eigenvalue weighted by Crippen LogP contribution is -2.23. The van der Waals surface area contributed by atoms with Crippen LogP contribution in [-0.2, 0) is 6.42 Å². The van der Waals surface area contributed by atoms with Gasteiger partial charge in [0.1, 0.15) is 11.6 Å². The molecule has 4 heteroatoms. The standard InChI is InChI=1S/C17H18ClF2N/c1-3-21-16(15-6-4-5-11(2)17(15)18)9-12-7-13(19)10-14(20)8-12/h4-8,10,16,21H,3,9H2,1-2H3. The Morgan fingerprint density at radius 1 is 1.14 bits per heavy atom. The first-order valence-corrected chi connectivity index (χ1v) is 7.32. The van der Waals surface area contributed by atoms with Crippen LogP contribution in [0.15, 0.2) is 36.4 Å². The van der Waals surface area contributed by atoms with Crippen LogP contribution in [-0.4, -0.2) is 6.54 Å². The lowest BCUT2D eigenvalue weighted by atomic mass is 9.97. The van der Waals surface area contributed by atoms with Crippen molar-refractivity contribution in [1.82, 2.24) is 5.32 Å². The van der Waals surface area contributed by atoms with Crippen LogP contribution in [0.5, 0.6) is 0 Å². The number of hydrogen-bond acceptors (Lipinski definition) is 1. The fourth-order valence-electron chi connectivity index (χ4n) is 2.44. The molecule has 0 saturated carbocycles. The van der Waals surface area contributed by atoms with E-state index in [0.29, 0.717) is 17.0 Å². The Bertz CT molecular complexity index is 608. The maximum Gasteiger partial charge on any atom is 0.126 e. The van der Waals surface area contributed by atoms with E-state index in [-0.39, 0.29) is 6.04 Å². The molecule has 2 aromatic carbocycles. The minimum atomic E-state index is -0.560. The summed E-state index contributed by atoms with van der Waals surface area (Å²) in [6.07, 6.45) is 0.478. The van der Waals surface area contributed by atoms with Gasteiger partial charge >= 0.3 is 0 Å². The summed E-state index contributed by atoms with van der Waals surface area (Å²) in [6, 6.07) is 9.34. The molecule has 1 nitrogen and oxygen atoms in total. The fourth-order valence-corrected chi connectivity index (χ4v) is 2.70. The Balaban J connectivity index is 2.32. The lowest BCUT2D eigenvalue weighted by molar-refractivity contribution is 0.539. The third kappa shape index (κ3) is 4.02. The van der Waals surface area contributed by atoms with E-state index in [9.17, 15) is 8.78 Å². The highest BCUT2D eigenvalue weighted by atomic mass is 35.5. The van der Waals surface area contributed by atoms with Crippen LogP contribution in [0.2, 0.25) is 5.02 Å². The van der Waals surface area contributed by atoms with Gasteiger partial charge in [0, 0.05) is 17.1 Å². The van der Waals surface area contributed by atoms with Crippen molar-refractivity contribution in [2.75, 3.05) is 6.54 Å². The first-order valence-electron chi connectivity index (χ1n) is 6.94. The minimum absolute atomic E-state index is 0.0800. The van der Waals surface area contributed by atoms with E-state index in [1.807, 2.05) is 32.0 Å². The monoisotopic (exact) mass is 309 g/mol. The highest BCUT2D eigenvalue weighted by Gasteiger charge is 2.16.